The molecule has 0 unspecified atom stereocenters. The summed E-state index contributed by atoms with van der Waals surface area (Å²) in [5.41, 5.74) is 7.01. The Morgan fingerprint density at radius 3 is 2.94 bits per heavy atom. The van der Waals surface area contributed by atoms with Crippen LogP contribution in [-0.4, -0.2) is 32.2 Å². The molecule has 18 heavy (non-hydrogen) atoms. The first kappa shape index (κ1) is 12.2. The van der Waals surface area contributed by atoms with Gasteiger partial charge in [0.1, 0.15) is 5.82 Å². The van der Waals surface area contributed by atoms with Gasteiger partial charge in [0.25, 0.3) is 5.91 Å². The van der Waals surface area contributed by atoms with E-state index < -0.39 is 0 Å². The molecule has 0 aliphatic heterocycles. The van der Waals surface area contributed by atoms with Crippen molar-refractivity contribution in [2.45, 2.75) is 13.3 Å². The Bertz CT molecular complexity index is 556. The SMILES string of the molecule is Cc1c(C(=O)NCCc2nc(N)n[nH]2)ccn1C. The first-order valence-electron chi connectivity index (χ1n) is 5.65. The van der Waals surface area contributed by atoms with Gasteiger partial charge in [0.2, 0.25) is 5.95 Å². The summed E-state index contributed by atoms with van der Waals surface area (Å²) in [5.74, 6) is 0.799. The quantitative estimate of drug-likeness (QED) is 0.709. The van der Waals surface area contributed by atoms with Crippen molar-refractivity contribution >= 4 is 11.9 Å². The second kappa shape index (κ2) is 4.91. The number of aromatic nitrogens is 4. The molecule has 0 bridgehead atoms. The molecule has 0 saturated carbocycles. The maximum absolute atomic E-state index is 11.9. The minimum atomic E-state index is -0.0828. The van der Waals surface area contributed by atoms with E-state index >= 15 is 0 Å². The van der Waals surface area contributed by atoms with E-state index in [2.05, 4.69) is 20.5 Å². The van der Waals surface area contributed by atoms with Crippen LogP contribution in [0.15, 0.2) is 12.3 Å². The number of nitrogen functional groups attached to an aromatic ring is 1. The molecular formula is C11H16N6O. The smallest absolute Gasteiger partial charge is 0.253 e. The molecule has 2 aromatic rings. The molecule has 96 valence electrons. The highest BCUT2D eigenvalue weighted by molar-refractivity contribution is 5.95. The van der Waals surface area contributed by atoms with E-state index in [1.54, 1.807) is 6.07 Å². The molecule has 1 amide bonds. The molecule has 0 radical (unpaired) electrons. The fraction of sp³-hybridized carbons (Fsp3) is 0.364. The number of H-pyrrole nitrogens is 1. The number of nitrogens with zero attached hydrogens (tertiary/aromatic N) is 3. The van der Waals surface area contributed by atoms with Crippen molar-refractivity contribution < 1.29 is 4.79 Å². The van der Waals surface area contributed by atoms with Gasteiger partial charge in [-0.1, -0.05) is 0 Å². The average Bonchev–Trinajstić information content (AvgIpc) is 2.87. The summed E-state index contributed by atoms with van der Waals surface area (Å²) in [7, 11) is 1.91. The van der Waals surface area contributed by atoms with Crippen LogP contribution >= 0.6 is 0 Å². The molecule has 0 spiro atoms. The zero-order chi connectivity index (χ0) is 13.1. The number of hydrogen-bond donors (Lipinski definition) is 3. The maximum Gasteiger partial charge on any atom is 0.253 e. The molecule has 0 fully saturated rings. The van der Waals surface area contributed by atoms with E-state index in [1.165, 1.54) is 0 Å². The number of hydrogen-bond acceptors (Lipinski definition) is 4. The Morgan fingerprint density at radius 2 is 2.39 bits per heavy atom. The third kappa shape index (κ3) is 2.50. The zero-order valence-electron chi connectivity index (χ0n) is 10.4. The maximum atomic E-state index is 11.9. The van der Waals surface area contributed by atoms with Gasteiger partial charge in [-0.3, -0.25) is 9.89 Å². The number of nitrogens with two attached hydrogens (primary N) is 1. The molecule has 2 rings (SSSR count). The second-order valence-electron chi connectivity index (χ2n) is 4.07. The van der Waals surface area contributed by atoms with Gasteiger partial charge in [-0.15, -0.1) is 5.10 Å². The lowest BCUT2D eigenvalue weighted by atomic mass is 10.2. The molecule has 2 aromatic heterocycles. The molecule has 0 saturated heterocycles. The summed E-state index contributed by atoms with van der Waals surface area (Å²) in [4.78, 5) is 15.8. The van der Waals surface area contributed by atoms with Crippen molar-refractivity contribution in [3.05, 3.63) is 29.3 Å². The highest BCUT2D eigenvalue weighted by Crippen LogP contribution is 2.07. The van der Waals surface area contributed by atoms with Gasteiger partial charge in [-0.2, -0.15) is 4.98 Å². The van der Waals surface area contributed by atoms with Crippen LogP contribution in [0.2, 0.25) is 0 Å². The Labute approximate surface area is 104 Å². The minimum absolute atomic E-state index is 0.0828. The lowest BCUT2D eigenvalue weighted by Gasteiger charge is -2.04. The monoisotopic (exact) mass is 248 g/mol. The van der Waals surface area contributed by atoms with Crippen molar-refractivity contribution in [3.8, 4) is 0 Å². The predicted octanol–water partition coefficient (Wildman–Crippen LogP) is 0.00632. The van der Waals surface area contributed by atoms with E-state index in [-0.39, 0.29) is 11.9 Å². The van der Waals surface area contributed by atoms with Crippen molar-refractivity contribution in [1.82, 2.24) is 25.1 Å². The summed E-state index contributed by atoms with van der Waals surface area (Å²) in [6.07, 6.45) is 2.43. The van der Waals surface area contributed by atoms with Crippen LogP contribution < -0.4 is 11.1 Å². The van der Waals surface area contributed by atoms with Crippen molar-refractivity contribution in [2.24, 2.45) is 7.05 Å². The largest absolute Gasteiger partial charge is 0.367 e. The van der Waals surface area contributed by atoms with Gasteiger partial charge in [0, 0.05) is 31.9 Å². The van der Waals surface area contributed by atoms with Gasteiger partial charge in [-0.05, 0) is 13.0 Å². The predicted molar refractivity (Wildman–Crippen MR) is 67.0 cm³/mol. The van der Waals surface area contributed by atoms with Crippen LogP contribution in [0.25, 0.3) is 0 Å². The number of amides is 1. The summed E-state index contributed by atoms with van der Waals surface area (Å²) < 4.78 is 1.91. The normalized spacial score (nSPS) is 10.6. The summed E-state index contributed by atoms with van der Waals surface area (Å²) in [5, 5.41) is 9.24. The number of nitrogens with one attached hydrogen (secondary N) is 2. The molecular weight excluding hydrogens is 232 g/mol. The van der Waals surface area contributed by atoms with Crippen LogP contribution in [-0.2, 0) is 13.5 Å². The number of carbonyl (C=O) groups excluding carboxylic acids is 1. The van der Waals surface area contributed by atoms with E-state index in [1.807, 2.05) is 24.7 Å². The number of aromatic amines is 1. The number of rotatable bonds is 4. The summed E-state index contributed by atoms with van der Waals surface area (Å²) >= 11 is 0. The summed E-state index contributed by atoms with van der Waals surface area (Å²) in [6.45, 7) is 2.40. The van der Waals surface area contributed by atoms with Crippen molar-refractivity contribution in [3.63, 3.8) is 0 Å². The fourth-order valence-corrected chi connectivity index (χ4v) is 1.66. The van der Waals surface area contributed by atoms with Gasteiger partial charge in [-0.25, -0.2) is 0 Å². The van der Waals surface area contributed by atoms with Gasteiger partial charge in [0.05, 0.1) is 5.56 Å². The fourth-order valence-electron chi connectivity index (χ4n) is 1.66. The number of aryl methyl sites for hydroxylation is 1. The molecule has 7 nitrogen and oxygen atoms in total. The Kier molecular flexibility index (Phi) is 3.31. The van der Waals surface area contributed by atoms with Crippen LogP contribution in [0, 0.1) is 6.92 Å². The highest BCUT2D eigenvalue weighted by Gasteiger charge is 2.10. The molecule has 0 aliphatic rings. The highest BCUT2D eigenvalue weighted by atomic mass is 16.1. The zero-order valence-corrected chi connectivity index (χ0v) is 10.4. The van der Waals surface area contributed by atoms with E-state index in [9.17, 15) is 4.79 Å². The van der Waals surface area contributed by atoms with Crippen LogP contribution in [0.1, 0.15) is 21.9 Å². The minimum Gasteiger partial charge on any atom is -0.367 e. The van der Waals surface area contributed by atoms with E-state index in [4.69, 9.17) is 5.73 Å². The topological polar surface area (TPSA) is 102 Å². The molecule has 0 atom stereocenters. The average molecular weight is 248 g/mol. The van der Waals surface area contributed by atoms with E-state index in [0.29, 0.717) is 24.4 Å². The van der Waals surface area contributed by atoms with Gasteiger partial charge >= 0.3 is 0 Å². The number of carbonyl (C=O) groups is 1. The van der Waals surface area contributed by atoms with Crippen LogP contribution in [0.5, 0.6) is 0 Å². The standard InChI is InChI=1S/C11H16N6O/c1-7-8(4-6-17(7)2)10(18)13-5-3-9-14-11(12)16-15-9/h4,6H,3,5H2,1-2H3,(H,13,18)(H3,12,14,15,16). The Balaban J connectivity index is 1.87. The first-order valence-corrected chi connectivity index (χ1v) is 5.65. The van der Waals surface area contributed by atoms with Gasteiger partial charge in [0.15, 0.2) is 0 Å². The summed E-state index contributed by atoms with van der Waals surface area (Å²) in [6, 6.07) is 1.80. The molecule has 2 heterocycles. The third-order valence-electron chi connectivity index (χ3n) is 2.82. The molecule has 7 heteroatoms. The Hall–Kier alpha value is -2.31. The third-order valence-corrected chi connectivity index (χ3v) is 2.82. The number of anilines is 1. The lowest BCUT2D eigenvalue weighted by Crippen LogP contribution is -2.26. The van der Waals surface area contributed by atoms with Crippen molar-refractivity contribution in [1.29, 1.82) is 0 Å². The Morgan fingerprint density at radius 1 is 1.61 bits per heavy atom. The second-order valence-corrected chi connectivity index (χ2v) is 4.07. The molecule has 4 N–H and O–H groups in total. The van der Waals surface area contributed by atoms with Gasteiger partial charge < -0.3 is 15.6 Å². The van der Waals surface area contributed by atoms with Crippen LogP contribution in [0.3, 0.4) is 0 Å². The van der Waals surface area contributed by atoms with E-state index in [0.717, 1.165) is 5.69 Å². The van der Waals surface area contributed by atoms with Crippen LogP contribution in [0.4, 0.5) is 5.95 Å². The molecule has 0 aliphatic carbocycles. The molecule has 0 aromatic carbocycles. The lowest BCUT2D eigenvalue weighted by molar-refractivity contribution is 0.0953. The first-order chi connectivity index (χ1) is 8.58. The van der Waals surface area contributed by atoms with Crippen molar-refractivity contribution in [2.75, 3.05) is 12.3 Å².